The number of aryl methyl sites for hydroxylation is 1. The van der Waals surface area contributed by atoms with E-state index in [1.807, 2.05) is 25.1 Å². The molecule has 0 radical (unpaired) electrons. The maximum Gasteiger partial charge on any atom is 0.417 e. The minimum Gasteiger partial charge on any atom is -0.492 e. The van der Waals surface area contributed by atoms with Gasteiger partial charge in [-0.1, -0.05) is 18.5 Å². The highest BCUT2D eigenvalue weighted by atomic mass is 35.5. The third-order valence-corrected chi connectivity index (χ3v) is 11.9. The van der Waals surface area contributed by atoms with Crippen molar-refractivity contribution in [3.8, 4) is 11.8 Å². The molecule has 60 heavy (non-hydrogen) atoms. The number of benzene rings is 3. The molecule has 13 nitrogen and oxygen atoms in total. The van der Waals surface area contributed by atoms with Crippen molar-refractivity contribution in [3.63, 3.8) is 0 Å². The van der Waals surface area contributed by atoms with Crippen molar-refractivity contribution in [2.75, 3.05) is 53.2 Å². The van der Waals surface area contributed by atoms with Crippen LogP contribution in [0.4, 0.5) is 35.9 Å². The molecule has 0 bridgehead atoms. The van der Waals surface area contributed by atoms with E-state index in [0.29, 0.717) is 66.9 Å². The van der Waals surface area contributed by atoms with E-state index < -0.39 is 46.2 Å². The van der Waals surface area contributed by atoms with Crippen LogP contribution >= 0.6 is 24.2 Å². The fraction of sp³-hybridized carbons (Fsp3) is 0.452. The summed E-state index contributed by atoms with van der Waals surface area (Å²) in [6, 6.07) is 14.9. The van der Waals surface area contributed by atoms with Gasteiger partial charge >= 0.3 is 6.18 Å². The zero-order chi connectivity index (χ0) is 43.7. The van der Waals surface area contributed by atoms with Crippen molar-refractivity contribution in [2.24, 2.45) is 0 Å². The normalized spacial score (nSPS) is 22.4. The van der Waals surface area contributed by atoms with Crippen LogP contribution in [0.3, 0.4) is 0 Å². The van der Waals surface area contributed by atoms with Gasteiger partial charge in [0.15, 0.2) is 5.50 Å². The molecule has 3 aliphatic heterocycles. The predicted molar refractivity (Wildman–Crippen MR) is 226 cm³/mol. The fourth-order valence-corrected chi connectivity index (χ4v) is 8.89. The summed E-state index contributed by atoms with van der Waals surface area (Å²) >= 11 is 11.1. The Labute approximate surface area is 357 Å². The van der Waals surface area contributed by atoms with Crippen LogP contribution in [0.25, 0.3) is 0 Å². The molecule has 0 aliphatic carbocycles. The van der Waals surface area contributed by atoms with Gasteiger partial charge in [0.1, 0.15) is 23.9 Å². The van der Waals surface area contributed by atoms with E-state index in [1.54, 1.807) is 43.0 Å². The van der Waals surface area contributed by atoms with Crippen molar-refractivity contribution < 1.29 is 37.1 Å². The number of anilines is 4. The highest BCUT2D eigenvalue weighted by Gasteiger charge is 2.52. The smallest absolute Gasteiger partial charge is 0.417 e. The maximum absolute atomic E-state index is 13.8. The number of carbonyl (C=O) groups is 4. The lowest BCUT2D eigenvalue weighted by Crippen LogP contribution is -2.58. The van der Waals surface area contributed by atoms with Gasteiger partial charge in [-0.25, -0.2) is 0 Å². The summed E-state index contributed by atoms with van der Waals surface area (Å²) in [5.74, 6) is -0.699. The van der Waals surface area contributed by atoms with E-state index in [-0.39, 0.29) is 42.6 Å². The van der Waals surface area contributed by atoms with Crippen molar-refractivity contribution in [1.82, 2.24) is 15.1 Å². The van der Waals surface area contributed by atoms with E-state index in [0.717, 1.165) is 17.7 Å². The Balaban J connectivity index is 1.04. The van der Waals surface area contributed by atoms with Gasteiger partial charge in [-0.3, -0.25) is 39.2 Å². The average molecular weight is 869 g/mol. The van der Waals surface area contributed by atoms with Crippen molar-refractivity contribution in [1.29, 1.82) is 5.26 Å². The first kappa shape index (κ1) is 44.5. The number of carbonyl (C=O) groups excluding carboxylic acids is 4. The van der Waals surface area contributed by atoms with Crippen molar-refractivity contribution >= 4 is 70.6 Å². The lowest BCUT2D eigenvalue weighted by molar-refractivity contribution is -0.138. The highest BCUT2D eigenvalue weighted by molar-refractivity contribution is 7.81. The average Bonchev–Trinajstić information content (AvgIpc) is 3.35. The molecule has 0 saturated carbocycles. The number of hydrogen-bond donors (Lipinski definition) is 4. The second-order valence-electron chi connectivity index (χ2n) is 15.8. The molecule has 3 N–H and O–H groups in total. The monoisotopic (exact) mass is 868 g/mol. The van der Waals surface area contributed by atoms with E-state index in [4.69, 9.17) is 29.0 Å². The summed E-state index contributed by atoms with van der Waals surface area (Å²) in [5, 5.41) is 18.0. The van der Waals surface area contributed by atoms with Gasteiger partial charge in [-0.15, -0.1) is 12.6 Å². The number of thiol groups is 1. The number of piperazine rings is 1. The number of ether oxygens (including phenoxy) is 1. The maximum atomic E-state index is 13.8. The van der Waals surface area contributed by atoms with E-state index in [9.17, 15) is 37.6 Å². The second kappa shape index (κ2) is 17.9. The Morgan fingerprint density at radius 2 is 1.70 bits per heavy atom. The number of halogens is 4. The number of rotatable bonds is 12. The molecule has 3 aromatic rings. The topological polar surface area (TPSA) is 150 Å². The molecule has 4 amide bonds. The first-order valence-electron chi connectivity index (χ1n) is 19.7. The van der Waals surface area contributed by atoms with Gasteiger partial charge in [0, 0.05) is 65.9 Å². The quantitative estimate of drug-likeness (QED) is 0.121. The predicted octanol–water partition coefficient (Wildman–Crippen LogP) is 6.27. The van der Waals surface area contributed by atoms with Crippen molar-refractivity contribution in [2.45, 2.75) is 89.2 Å². The van der Waals surface area contributed by atoms with E-state index in [1.165, 1.54) is 11.0 Å². The first-order chi connectivity index (χ1) is 28.3. The van der Waals surface area contributed by atoms with Crippen LogP contribution in [0, 0.1) is 11.3 Å². The van der Waals surface area contributed by atoms with E-state index >= 15 is 0 Å². The largest absolute Gasteiger partial charge is 0.492 e. The zero-order valence-corrected chi connectivity index (χ0v) is 35.5. The van der Waals surface area contributed by atoms with Gasteiger partial charge in [0.2, 0.25) is 17.7 Å². The molecule has 320 valence electrons. The van der Waals surface area contributed by atoms with Gasteiger partial charge in [0.05, 0.1) is 23.7 Å². The Hall–Kier alpha value is -5.02. The first-order valence-corrected chi connectivity index (χ1v) is 20.6. The summed E-state index contributed by atoms with van der Waals surface area (Å²) in [7, 11) is 0. The fourth-order valence-electron chi connectivity index (χ4n) is 8.00. The van der Waals surface area contributed by atoms with Crippen LogP contribution in [-0.4, -0.2) is 95.4 Å². The lowest BCUT2D eigenvalue weighted by Gasteiger charge is -2.43. The Bertz CT molecular complexity index is 2200. The Morgan fingerprint density at radius 1 is 1.02 bits per heavy atom. The van der Waals surface area contributed by atoms with Crippen LogP contribution in [0.15, 0.2) is 54.6 Å². The molecule has 18 heteroatoms. The minimum absolute atomic E-state index is 0.0144. The number of piperidine rings is 1. The number of imide groups is 1. The molecule has 0 aromatic heterocycles. The van der Waals surface area contributed by atoms with Gasteiger partial charge in [-0.05, 0) is 101 Å². The molecule has 3 heterocycles. The molecule has 3 aliphatic rings. The van der Waals surface area contributed by atoms with Crippen LogP contribution in [-0.2, 0) is 31.8 Å². The molecule has 3 saturated heterocycles. The molecule has 6 rings (SSSR count). The third kappa shape index (κ3) is 9.62. The second-order valence-corrected chi connectivity index (χ2v) is 16.7. The van der Waals surface area contributed by atoms with Crippen LogP contribution in [0.2, 0.25) is 5.02 Å². The summed E-state index contributed by atoms with van der Waals surface area (Å²) in [4.78, 5) is 58.1. The van der Waals surface area contributed by atoms with Crippen LogP contribution < -0.4 is 30.5 Å². The number of nitriles is 1. The molecule has 4 atom stereocenters. The standard InChI is InChI=1S/C42H48ClF3N8O5S/c1-6-26-15-32(54-40(60)53(39(58)41(54,4)5)31-8-7-27(20-47)33(19-31)42(44,45)46)9-11-35(26)59-14-13-51-21-25(3)52(22-24(51)2)23-37(56)49-30-17-28(43)16-29(18-30)48-34-10-12-36(55)50-38(34)57/h7-9,11,15-19,24-25,34,40,48,60H,6,10,12-14,21-23H2,1-5H3,(H,49,56)(H,50,55,57)/t24-,25-,34?,40?/m0/s1. The summed E-state index contributed by atoms with van der Waals surface area (Å²) in [6.45, 7) is 12.1. The molecular formula is C42H48ClF3N8O5S. The lowest BCUT2D eigenvalue weighted by atomic mass is 10.0. The molecular weight excluding hydrogens is 821 g/mol. The SMILES string of the molecule is CCc1cc(N2C(S)N(c3ccc(C#N)c(C(F)(F)F)c3)C(=O)C2(C)C)ccc1OCCN1C[C@H](C)N(CC(=O)Nc2cc(Cl)cc(NC3CCC(=O)NC3=O)c2)C[C@@H]1C. The van der Waals surface area contributed by atoms with Gasteiger partial charge in [0.25, 0.3) is 5.91 Å². The molecule has 3 fully saturated rings. The summed E-state index contributed by atoms with van der Waals surface area (Å²) in [5.41, 5.74) is -1.23. The van der Waals surface area contributed by atoms with Gasteiger partial charge < -0.3 is 20.3 Å². The summed E-state index contributed by atoms with van der Waals surface area (Å²) in [6.07, 6.45) is -3.59. The van der Waals surface area contributed by atoms with E-state index in [2.05, 4.69) is 39.6 Å². The van der Waals surface area contributed by atoms with Crippen LogP contribution in [0.1, 0.15) is 64.2 Å². The highest BCUT2D eigenvalue weighted by Crippen LogP contribution is 2.43. The molecule has 0 spiro atoms. The Kier molecular flexibility index (Phi) is 13.3. The zero-order valence-electron chi connectivity index (χ0n) is 33.9. The molecule has 2 unspecified atom stereocenters. The number of nitrogens with zero attached hydrogens (tertiary/aromatic N) is 5. The number of nitrogens with one attached hydrogen (secondary N) is 3. The van der Waals surface area contributed by atoms with Gasteiger partial charge in [-0.2, -0.15) is 18.4 Å². The summed E-state index contributed by atoms with van der Waals surface area (Å²) < 4.78 is 47.7. The minimum atomic E-state index is -4.78. The Morgan fingerprint density at radius 3 is 2.38 bits per heavy atom. The third-order valence-electron chi connectivity index (χ3n) is 11.2. The number of alkyl halides is 3. The number of amides is 4. The number of hydrogen-bond acceptors (Lipinski definition) is 11. The molecule has 3 aromatic carbocycles. The van der Waals surface area contributed by atoms with Crippen LogP contribution in [0.5, 0.6) is 5.75 Å². The van der Waals surface area contributed by atoms with Crippen molar-refractivity contribution in [3.05, 3.63) is 76.3 Å².